The lowest BCUT2D eigenvalue weighted by atomic mass is 10.1. The van der Waals surface area contributed by atoms with Crippen molar-refractivity contribution in [1.82, 2.24) is 14.5 Å². The molecule has 156 valence electrons. The van der Waals surface area contributed by atoms with Crippen LogP contribution in [0.4, 0.5) is 5.13 Å². The standard InChI is InChI=1S/C23H24N4OS.ClH/c1-3-18-8-5-10-20-21(18)25-23(29-20)27(13-6-12-26-14-11-24-16-26)22(28)19-9-4-7-17(2)15-19;/h4-5,7-11,14-16H,3,6,12-13H2,1-2H3;1H. The van der Waals surface area contributed by atoms with E-state index in [1.54, 1.807) is 23.9 Å². The van der Waals surface area contributed by atoms with E-state index in [2.05, 4.69) is 30.1 Å². The molecule has 0 radical (unpaired) electrons. The Morgan fingerprint density at radius 3 is 2.77 bits per heavy atom. The Morgan fingerprint density at radius 1 is 1.20 bits per heavy atom. The zero-order valence-corrected chi connectivity index (χ0v) is 18.7. The van der Waals surface area contributed by atoms with Crippen molar-refractivity contribution in [1.29, 1.82) is 0 Å². The van der Waals surface area contributed by atoms with E-state index in [1.165, 1.54) is 5.56 Å². The van der Waals surface area contributed by atoms with Crippen molar-refractivity contribution in [3.8, 4) is 0 Å². The summed E-state index contributed by atoms with van der Waals surface area (Å²) in [6.07, 6.45) is 7.27. The van der Waals surface area contributed by atoms with Gasteiger partial charge in [0.25, 0.3) is 5.91 Å². The number of para-hydroxylation sites is 1. The summed E-state index contributed by atoms with van der Waals surface area (Å²) in [5.41, 5.74) is 3.99. The number of halogens is 1. The molecular formula is C23H25ClN4OS. The number of hydrogen-bond acceptors (Lipinski definition) is 4. The number of benzene rings is 2. The Bertz CT molecular complexity index is 1120. The number of aromatic nitrogens is 3. The summed E-state index contributed by atoms with van der Waals surface area (Å²) in [6, 6.07) is 14.0. The molecule has 0 fully saturated rings. The van der Waals surface area contributed by atoms with E-state index in [4.69, 9.17) is 4.98 Å². The van der Waals surface area contributed by atoms with Gasteiger partial charge in [0.1, 0.15) is 0 Å². The molecule has 30 heavy (non-hydrogen) atoms. The van der Waals surface area contributed by atoms with Crippen LogP contribution in [0.5, 0.6) is 0 Å². The summed E-state index contributed by atoms with van der Waals surface area (Å²) in [5, 5.41) is 0.762. The number of hydrogen-bond donors (Lipinski definition) is 0. The molecule has 4 aromatic rings. The lowest BCUT2D eigenvalue weighted by Crippen LogP contribution is -2.32. The maximum absolute atomic E-state index is 13.4. The first-order valence-electron chi connectivity index (χ1n) is 9.88. The molecule has 0 aliphatic heterocycles. The third kappa shape index (κ3) is 4.71. The maximum atomic E-state index is 13.4. The van der Waals surface area contributed by atoms with Gasteiger partial charge in [0, 0.05) is 31.0 Å². The largest absolute Gasteiger partial charge is 0.337 e. The van der Waals surface area contributed by atoms with E-state index in [-0.39, 0.29) is 18.3 Å². The van der Waals surface area contributed by atoms with Crippen molar-refractivity contribution in [2.24, 2.45) is 0 Å². The number of imidazole rings is 1. The summed E-state index contributed by atoms with van der Waals surface area (Å²) in [7, 11) is 0. The topological polar surface area (TPSA) is 51.0 Å². The molecule has 0 saturated heterocycles. The molecule has 2 heterocycles. The fourth-order valence-corrected chi connectivity index (χ4v) is 4.48. The van der Waals surface area contributed by atoms with Crippen molar-refractivity contribution >= 4 is 45.0 Å². The van der Waals surface area contributed by atoms with Gasteiger partial charge in [-0.1, -0.05) is 48.1 Å². The number of thiazole rings is 1. The average molecular weight is 441 g/mol. The minimum atomic E-state index is -0.00330. The van der Waals surface area contributed by atoms with Gasteiger partial charge in [0.2, 0.25) is 0 Å². The molecule has 2 aromatic carbocycles. The van der Waals surface area contributed by atoms with Crippen LogP contribution in [0.15, 0.2) is 61.2 Å². The van der Waals surface area contributed by atoms with Crippen LogP contribution in [0.1, 0.15) is 34.8 Å². The molecule has 7 heteroatoms. The maximum Gasteiger partial charge on any atom is 0.260 e. The third-order valence-corrected chi connectivity index (χ3v) is 6.01. The summed E-state index contributed by atoms with van der Waals surface area (Å²) in [4.78, 5) is 24.2. The molecule has 4 rings (SSSR count). The monoisotopic (exact) mass is 440 g/mol. The van der Waals surface area contributed by atoms with Crippen LogP contribution in [0.2, 0.25) is 0 Å². The molecule has 0 saturated carbocycles. The van der Waals surface area contributed by atoms with Gasteiger partial charge in [-0.3, -0.25) is 9.69 Å². The number of fused-ring (bicyclic) bond motifs is 1. The van der Waals surface area contributed by atoms with Gasteiger partial charge in [-0.2, -0.15) is 0 Å². The van der Waals surface area contributed by atoms with Crippen molar-refractivity contribution in [2.75, 3.05) is 11.4 Å². The highest BCUT2D eigenvalue weighted by Crippen LogP contribution is 2.32. The summed E-state index contributed by atoms with van der Waals surface area (Å²) < 4.78 is 3.15. The Kier molecular flexibility index (Phi) is 7.24. The average Bonchev–Trinajstić information content (AvgIpc) is 3.40. The molecule has 0 spiro atoms. The van der Waals surface area contributed by atoms with Crippen molar-refractivity contribution in [3.63, 3.8) is 0 Å². The van der Waals surface area contributed by atoms with Crippen LogP contribution in [-0.2, 0) is 13.0 Å². The van der Waals surface area contributed by atoms with Gasteiger partial charge < -0.3 is 4.57 Å². The van der Waals surface area contributed by atoms with E-state index in [9.17, 15) is 4.79 Å². The minimum Gasteiger partial charge on any atom is -0.337 e. The number of carbonyl (C=O) groups is 1. The number of carbonyl (C=O) groups excluding carboxylic acids is 1. The highest BCUT2D eigenvalue weighted by atomic mass is 35.5. The Balaban J connectivity index is 0.00000256. The Morgan fingerprint density at radius 2 is 2.03 bits per heavy atom. The highest BCUT2D eigenvalue weighted by molar-refractivity contribution is 7.22. The molecule has 5 nitrogen and oxygen atoms in total. The second kappa shape index (κ2) is 9.87. The molecule has 0 aliphatic rings. The number of aryl methyl sites for hydroxylation is 3. The fourth-order valence-electron chi connectivity index (χ4n) is 3.44. The van der Waals surface area contributed by atoms with E-state index in [0.29, 0.717) is 12.1 Å². The predicted molar refractivity (Wildman–Crippen MR) is 126 cm³/mol. The lowest BCUT2D eigenvalue weighted by Gasteiger charge is -2.20. The van der Waals surface area contributed by atoms with Crippen LogP contribution < -0.4 is 4.90 Å². The van der Waals surface area contributed by atoms with Crippen LogP contribution in [0, 0.1) is 6.92 Å². The van der Waals surface area contributed by atoms with Gasteiger partial charge >= 0.3 is 0 Å². The first-order valence-corrected chi connectivity index (χ1v) is 10.7. The second-order valence-corrected chi connectivity index (χ2v) is 8.10. The van der Waals surface area contributed by atoms with Gasteiger partial charge in [0.15, 0.2) is 5.13 Å². The van der Waals surface area contributed by atoms with E-state index in [0.717, 1.165) is 40.3 Å². The minimum absolute atomic E-state index is 0. The van der Waals surface area contributed by atoms with Gasteiger partial charge in [-0.05, 0) is 43.5 Å². The molecule has 0 unspecified atom stereocenters. The Hall–Kier alpha value is -2.70. The number of nitrogens with zero attached hydrogens (tertiary/aromatic N) is 4. The normalized spacial score (nSPS) is 10.7. The van der Waals surface area contributed by atoms with Crippen LogP contribution in [0.3, 0.4) is 0 Å². The Labute approximate surface area is 186 Å². The van der Waals surface area contributed by atoms with Gasteiger partial charge in [-0.25, -0.2) is 9.97 Å². The van der Waals surface area contributed by atoms with Crippen LogP contribution in [0.25, 0.3) is 10.2 Å². The molecule has 0 N–H and O–H groups in total. The molecule has 2 aromatic heterocycles. The van der Waals surface area contributed by atoms with Crippen molar-refractivity contribution in [3.05, 3.63) is 77.9 Å². The SMILES string of the molecule is CCc1cccc2sc(N(CCCn3ccnc3)C(=O)c3cccc(C)c3)nc12.Cl. The van der Waals surface area contributed by atoms with Gasteiger partial charge in [-0.15, -0.1) is 12.4 Å². The number of rotatable bonds is 7. The second-order valence-electron chi connectivity index (χ2n) is 7.09. The first kappa shape index (κ1) is 22.0. The predicted octanol–water partition coefficient (Wildman–Crippen LogP) is 5.52. The zero-order chi connectivity index (χ0) is 20.2. The summed E-state index contributed by atoms with van der Waals surface area (Å²) >= 11 is 1.58. The molecule has 0 bridgehead atoms. The smallest absolute Gasteiger partial charge is 0.260 e. The van der Waals surface area contributed by atoms with E-state index < -0.39 is 0 Å². The van der Waals surface area contributed by atoms with Crippen molar-refractivity contribution < 1.29 is 4.79 Å². The quantitative estimate of drug-likeness (QED) is 0.380. The van der Waals surface area contributed by atoms with Gasteiger partial charge in [0.05, 0.1) is 16.5 Å². The van der Waals surface area contributed by atoms with E-state index >= 15 is 0 Å². The van der Waals surface area contributed by atoms with E-state index in [1.807, 2.05) is 46.9 Å². The number of amides is 1. The summed E-state index contributed by atoms with van der Waals surface area (Å²) in [6.45, 7) is 5.55. The summed E-state index contributed by atoms with van der Waals surface area (Å²) in [5.74, 6) is -0.00330. The molecule has 0 atom stereocenters. The highest BCUT2D eigenvalue weighted by Gasteiger charge is 2.21. The lowest BCUT2D eigenvalue weighted by molar-refractivity contribution is 0.0986. The first-order chi connectivity index (χ1) is 14.2. The number of anilines is 1. The molecular weight excluding hydrogens is 416 g/mol. The fraction of sp³-hybridized carbons (Fsp3) is 0.261. The van der Waals surface area contributed by atoms with Crippen LogP contribution >= 0.6 is 23.7 Å². The third-order valence-electron chi connectivity index (χ3n) is 4.97. The molecule has 0 aliphatic carbocycles. The van der Waals surface area contributed by atoms with Crippen LogP contribution in [-0.4, -0.2) is 27.0 Å². The van der Waals surface area contributed by atoms with Crippen molar-refractivity contribution in [2.45, 2.75) is 33.2 Å². The zero-order valence-electron chi connectivity index (χ0n) is 17.1. The molecule has 1 amide bonds.